The summed E-state index contributed by atoms with van der Waals surface area (Å²) in [5.41, 5.74) is 4.11. The van der Waals surface area contributed by atoms with Gasteiger partial charge in [-0.25, -0.2) is 0 Å². The Morgan fingerprint density at radius 2 is 1.74 bits per heavy atom. The maximum atomic E-state index is 12.3. The van der Waals surface area contributed by atoms with Crippen molar-refractivity contribution in [3.05, 3.63) is 22.8 Å². The van der Waals surface area contributed by atoms with Gasteiger partial charge in [-0.15, -0.1) is 0 Å². The third kappa shape index (κ3) is 2.77. The molecule has 0 aromatic carbocycles. The van der Waals surface area contributed by atoms with Crippen LogP contribution in [0.4, 0.5) is 0 Å². The molecule has 2 nitrogen and oxygen atoms in total. The smallest absolute Gasteiger partial charge is 0.310 e. The zero-order valence-corrected chi connectivity index (χ0v) is 13.0. The number of carbonyl (C=O) groups excluding carboxylic acids is 1. The second-order valence-electron chi connectivity index (χ2n) is 7.10. The van der Waals surface area contributed by atoms with Crippen LogP contribution in [-0.2, 0) is 9.53 Å². The normalized spacial score (nSPS) is 29.4. The summed E-state index contributed by atoms with van der Waals surface area (Å²) in [7, 11) is 0. The molecule has 2 heteroatoms. The zero-order valence-electron chi connectivity index (χ0n) is 13.0. The molecule has 0 radical (unpaired) electrons. The van der Waals surface area contributed by atoms with Gasteiger partial charge in [-0.2, -0.15) is 0 Å². The highest BCUT2D eigenvalue weighted by atomic mass is 16.5. The van der Waals surface area contributed by atoms with Crippen molar-refractivity contribution in [1.29, 1.82) is 0 Å². The van der Waals surface area contributed by atoms with Crippen LogP contribution >= 0.6 is 0 Å². The molecule has 0 bridgehead atoms. The fourth-order valence-corrected chi connectivity index (χ4v) is 3.22. The first kappa shape index (κ1) is 14.4. The molecule has 0 aromatic rings. The number of ether oxygens (including phenoxy) is 1. The van der Waals surface area contributed by atoms with Gasteiger partial charge in [-0.05, 0) is 39.0 Å². The van der Waals surface area contributed by atoms with Gasteiger partial charge in [-0.3, -0.25) is 4.79 Å². The second kappa shape index (κ2) is 4.81. The fraction of sp³-hybridized carbons (Fsp3) is 0.706. The van der Waals surface area contributed by atoms with Crippen LogP contribution in [0.5, 0.6) is 0 Å². The van der Waals surface area contributed by atoms with Gasteiger partial charge in [0, 0.05) is 12.8 Å². The van der Waals surface area contributed by atoms with Crippen molar-refractivity contribution in [1.82, 2.24) is 0 Å². The Morgan fingerprint density at radius 3 is 2.21 bits per heavy atom. The summed E-state index contributed by atoms with van der Waals surface area (Å²) < 4.78 is 5.71. The first-order chi connectivity index (χ1) is 8.73. The molecular weight excluding hydrogens is 236 g/mol. The number of esters is 1. The predicted molar refractivity (Wildman–Crippen MR) is 77.7 cm³/mol. The van der Waals surface area contributed by atoms with E-state index in [1.807, 2.05) is 0 Å². The van der Waals surface area contributed by atoms with Crippen LogP contribution in [0.3, 0.4) is 0 Å². The molecule has 0 spiro atoms. The fourth-order valence-electron chi connectivity index (χ4n) is 3.22. The highest BCUT2D eigenvalue weighted by molar-refractivity contribution is 5.78. The van der Waals surface area contributed by atoms with Gasteiger partial charge >= 0.3 is 5.97 Å². The van der Waals surface area contributed by atoms with Gasteiger partial charge in [-0.1, -0.05) is 36.6 Å². The molecule has 0 saturated heterocycles. The minimum Gasteiger partial charge on any atom is -0.461 e. The summed E-state index contributed by atoms with van der Waals surface area (Å²) in [4.78, 5) is 12.3. The average Bonchev–Trinajstić information content (AvgIpc) is 2.62. The predicted octanol–water partition coefficient (Wildman–Crippen LogP) is 4.27. The quantitative estimate of drug-likeness (QED) is 0.561. The van der Waals surface area contributed by atoms with Crippen LogP contribution in [0.25, 0.3) is 0 Å². The van der Waals surface area contributed by atoms with Crippen molar-refractivity contribution in [2.75, 3.05) is 0 Å². The summed E-state index contributed by atoms with van der Waals surface area (Å²) in [5.74, 6) is 0.394. The van der Waals surface area contributed by atoms with E-state index in [2.05, 4.69) is 47.6 Å². The molecule has 2 aliphatic rings. The van der Waals surface area contributed by atoms with Gasteiger partial charge in [0.05, 0.1) is 5.92 Å². The van der Waals surface area contributed by atoms with E-state index in [0.717, 1.165) is 12.8 Å². The molecule has 2 atom stereocenters. The Balaban J connectivity index is 1.94. The maximum absolute atomic E-state index is 12.3. The SMILES string of the molecule is CC(C)=C[C@@H]1[C@@H](C(=O)OC2CC(C)=C(C)C2)C1(C)C. The van der Waals surface area contributed by atoms with Gasteiger partial charge in [0.2, 0.25) is 0 Å². The topological polar surface area (TPSA) is 26.3 Å². The number of allylic oxidation sites excluding steroid dienone is 2. The number of hydrogen-bond donors (Lipinski definition) is 0. The van der Waals surface area contributed by atoms with Crippen molar-refractivity contribution in [2.24, 2.45) is 17.3 Å². The molecule has 0 unspecified atom stereocenters. The lowest BCUT2D eigenvalue weighted by atomic mass is 10.1. The van der Waals surface area contributed by atoms with Crippen molar-refractivity contribution in [3.8, 4) is 0 Å². The number of carbonyl (C=O) groups is 1. The Labute approximate surface area is 116 Å². The van der Waals surface area contributed by atoms with Crippen molar-refractivity contribution in [2.45, 2.75) is 60.5 Å². The molecule has 2 rings (SSSR count). The van der Waals surface area contributed by atoms with Crippen molar-refractivity contribution in [3.63, 3.8) is 0 Å². The van der Waals surface area contributed by atoms with E-state index in [-0.39, 0.29) is 23.4 Å². The number of hydrogen-bond acceptors (Lipinski definition) is 2. The Morgan fingerprint density at radius 1 is 1.21 bits per heavy atom. The molecule has 0 aromatic heterocycles. The van der Waals surface area contributed by atoms with Gasteiger partial charge in [0.1, 0.15) is 6.10 Å². The van der Waals surface area contributed by atoms with E-state index in [1.165, 1.54) is 16.7 Å². The molecule has 1 saturated carbocycles. The largest absolute Gasteiger partial charge is 0.461 e. The van der Waals surface area contributed by atoms with E-state index in [9.17, 15) is 4.79 Å². The van der Waals surface area contributed by atoms with Crippen molar-refractivity contribution >= 4 is 5.97 Å². The van der Waals surface area contributed by atoms with E-state index >= 15 is 0 Å². The zero-order chi connectivity index (χ0) is 14.4. The molecule has 19 heavy (non-hydrogen) atoms. The average molecular weight is 262 g/mol. The van der Waals surface area contributed by atoms with E-state index < -0.39 is 0 Å². The Bertz CT molecular complexity index is 436. The van der Waals surface area contributed by atoms with Crippen LogP contribution < -0.4 is 0 Å². The van der Waals surface area contributed by atoms with Crippen LogP contribution in [0.15, 0.2) is 22.8 Å². The third-order valence-corrected chi connectivity index (χ3v) is 4.76. The number of rotatable bonds is 3. The minimum atomic E-state index is 0.000000000000000444. The molecule has 0 aliphatic heterocycles. The third-order valence-electron chi connectivity index (χ3n) is 4.76. The molecule has 0 heterocycles. The van der Waals surface area contributed by atoms with Crippen LogP contribution in [0, 0.1) is 17.3 Å². The first-order valence-corrected chi connectivity index (χ1v) is 7.24. The van der Waals surface area contributed by atoms with Crippen LogP contribution in [-0.4, -0.2) is 12.1 Å². The maximum Gasteiger partial charge on any atom is 0.310 e. The lowest BCUT2D eigenvalue weighted by molar-refractivity contribution is -0.151. The van der Waals surface area contributed by atoms with Crippen LogP contribution in [0.1, 0.15) is 54.4 Å². The van der Waals surface area contributed by atoms with E-state index in [0.29, 0.717) is 5.92 Å². The molecule has 0 N–H and O–H groups in total. The summed E-state index contributed by atoms with van der Waals surface area (Å²) >= 11 is 0. The summed E-state index contributed by atoms with van der Waals surface area (Å²) in [5, 5.41) is 0. The first-order valence-electron chi connectivity index (χ1n) is 7.24. The highest BCUT2D eigenvalue weighted by Gasteiger charge is 2.61. The van der Waals surface area contributed by atoms with Gasteiger partial charge in [0.25, 0.3) is 0 Å². The molecule has 0 amide bonds. The van der Waals surface area contributed by atoms with Crippen molar-refractivity contribution < 1.29 is 9.53 Å². The molecule has 2 aliphatic carbocycles. The molecule has 106 valence electrons. The Kier molecular flexibility index (Phi) is 3.63. The van der Waals surface area contributed by atoms with E-state index in [1.54, 1.807) is 0 Å². The summed E-state index contributed by atoms with van der Waals surface area (Å²) in [6, 6.07) is 0. The Hall–Kier alpha value is -1.05. The lowest BCUT2D eigenvalue weighted by Crippen LogP contribution is -2.19. The second-order valence-corrected chi connectivity index (χ2v) is 7.10. The molecule has 1 fully saturated rings. The summed E-state index contributed by atoms with van der Waals surface area (Å²) in [6.07, 6.45) is 4.13. The lowest BCUT2D eigenvalue weighted by Gasteiger charge is -2.12. The van der Waals surface area contributed by atoms with Gasteiger partial charge in [0.15, 0.2) is 0 Å². The monoisotopic (exact) mass is 262 g/mol. The standard InChI is InChI=1S/C17H26O2/c1-10(2)7-14-15(17(14,5)6)16(18)19-13-8-11(3)12(4)9-13/h7,13-15H,8-9H2,1-6H3/t14-,15+/m1/s1. The highest BCUT2D eigenvalue weighted by Crippen LogP contribution is 2.60. The van der Waals surface area contributed by atoms with E-state index in [4.69, 9.17) is 4.74 Å². The van der Waals surface area contributed by atoms with Gasteiger partial charge < -0.3 is 4.74 Å². The minimum absolute atomic E-state index is 0.000000000000000444. The summed E-state index contributed by atoms with van der Waals surface area (Å²) in [6.45, 7) is 12.8. The molecular formula is C17H26O2. The van der Waals surface area contributed by atoms with Crippen LogP contribution in [0.2, 0.25) is 0 Å².